The summed E-state index contributed by atoms with van der Waals surface area (Å²) in [6, 6.07) is 11.6. The first-order valence-electron chi connectivity index (χ1n) is 10.3. The number of carbonyl (C=O) groups excluding carboxylic acids is 2. The normalized spacial score (nSPS) is 16.2. The first-order chi connectivity index (χ1) is 15.6. The second-order valence-electron chi connectivity index (χ2n) is 7.64. The van der Waals surface area contributed by atoms with Gasteiger partial charge in [-0.05, 0) is 59.1 Å². The molecule has 0 spiro atoms. The Morgan fingerprint density at radius 3 is 3.06 bits per heavy atom. The SMILES string of the molecule is O=C(Nc1ccc2nc(SCCc3ccsc3)sc2c1)C1CC(=O)N(Cc2ccco2)C1. The number of benzene rings is 1. The monoisotopic (exact) mass is 483 g/mol. The third-order valence-electron chi connectivity index (χ3n) is 5.34. The van der Waals surface area contributed by atoms with E-state index in [9.17, 15) is 9.59 Å². The molecule has 4 aromatic rings. The van der Waals surface area contributed by atoms with Crippen LogP contribution in [0.5, 0.6) is 0 Å². The quantitative estimate of drug-likeness (QED) is 0.346. The molecule has 1 saturated heterocycles. The maximum absolute atomic E-state index is 12.8. The molecular formula is C23H21N3O3S3. The van der Waals surface area contributed by atoms with E-state index in [0.29, 0.717) is 13.1 Å². The minimum Gasteiger partial charge on any atom is -0.467 e. The number of carbonyl (C=O) groups is 2. The molecule has 32 heavy (non-hydrogen) atoms. The topological polar surface area (TPSA) is 75.4 Å². The van der Waals surface area contributed by atoms with Crippen molar-refractivity contribution in [2.24, 2.45) is 5.92 Å². The van der Waals surface area contributed by atoms with E-state index < -0.39 is 0 Å². The largest absolute Gasteiger partial charge is 0.467 e. The molecular weight excluding hydrogens is 462 g/mol. The van der Waals surface area contributed by atoms with Crippen molar-refractivity contribution in [3.05, 3.63) is 64.7 Å². The summed E-state index contributed by atoms with van der Waals surface area (Å²) in [4.78, 5) is 31.4. The number of rotatable bonds is 8. The molecule has 3 aromatic heterocycles. The summed E-state index contributed by atoms with van der Waals surface area (Å²) in [6.07, 6.45) is 2.84. The molecule has 0 bridgehead atoms. The van der Waals surface area contributed by atoms with Crippen LogP contribution in [0.3, 0.4) is 0 Å². The first-order valence-corrected chi connectivity index (χ1v) is 13.0. The Morgan fingerprint density at radius 1 is 1.31 bits per heavy atom. The fraction of sp³-hybridized carbons (Fsp3) is 0.261. The number of anilines is 1. The van der Waals surface area contributed by atoms with Gasteiger partial charge in [-0.2, -0.15) is 11.3 Å². The zero-order chi connectivity index (χ0) is 21.9. The lowest BCUT2D eigenvalue weighted by molar-refractivity contribution is -0.128. The lowest BCUT2D eigenvalue weighted by atomic mass is 10.1. The second kappa shape index (κ2) is 9.48. The Balaban J connectivity index is 1.18. The number of furan rings is 1. The number of likely N-dealkylation sites (tertiary alicyclic amines) is 1. The average molecular weight is 484 g/mol. The molecule has 1 N–H and O–H groups in total. The van der Waals surface area contributed by atoms with Crippen molar-refractivity contribution < 1.29 is 14.0 Å². The predicted molar refractivity (Wildman–Crippen MR) is 129 cm³/mol. The van der Waals surface area contributed by atoms with Gasteiger partial charge < -0.3 is 14.6 Å². The van der Waals surface area contributed by atoms with Gasteiger partial charge >= 0.3 is 0 Å². The van der Waals surface area contributed by atoms with Gasteiger partial charge in [-0.3, -0.25) is 9.59 Å². The lowest BCUT2D eigenvalue weighted by Gasteiger charge is -2.15. The highest BCUT2D eigenvalue weighted by atomic mass is 32.2. The molecule has 1 atom stereocenters. The van der Waals surface area contributed by atoms with E-state index in [1.807, 2.05) is 24.3 Å². The van der Waals surface area contributed by atoms with Crippen LogP contribution in [0.1, 0.15) is 17.7 Å². The van der Waals surface area contributed by atoms with E-state index in [1.54, 1.807) is 51.7 Å². The van der Waals surface area contributed by atoms with E-state index in [0.717, 1.165) is 38.2 Å². The summed E-state index contributed by atoms with van der Waals surface area (Å²) in [5.41, 5.74) is 3.03. The number of hydrogen-bond acceptors (Lipinski definition) is 7. The van der Waals surface area contributed by atoms with Crippen LogP contribution < -0.4 is 5.32 Å². The highest BCUT2D eigenvalue weighted by molar-refractivity contribution is 8.01. The number of thiophene rings is 1. The van der Waals surface area contributed by atoms with Gasteiger partial charge in [-0.1, -0.05) is 11.8 Å². The summed E-state index contributed by atoms with van der Waals surface area (Å²) in [6.45, 7) is 0.800. The predicted octanol–water partition coefficient (Wildman–Crippen LogP) is 5.27. The van der Waals surface area contributed by atoms with Gasteiger partial charge in [-0.15, -0.1) is 11.3 Å². The number of thioether (sulfide) groups is 1. The third kappa shape index (κ3) is 4.90. The van der Waals surface area contributed by atoms with Crippen molar-refractivity contribution >= 4 is 62.2 Å². The summed E-state index contributed by atoms with van der Waals surface area (Å²) >= 11 is 5.13. The smallest absolute Gasteiger partial charge is 0.229 e. The molecule has 1 aliphatic heterocycles. The van der Waals surface area contributed by atoms with Crippen molar-refractivity contribution in [1.29, 1.82) is 0 Å². The van der Waals surface area contributed by atoms with Gasteiger partial charge in [0.15, 0.2) is 4.34 Å². The van der Waals surface area contributed by atoms with Crippen molar-refractivity contribution in [3.8, 4) is 0 Å². The standard InChI is InChI=1S/C23H21N3O3S3/c27-21-10-16(12-26(21)13-18-2-1-7-29-18)22(28)24-17-3-4-19-20(11-17)32-23(25-19)31-9-6-15-5-8-30-14-15/h1-5,7-8,11,14,16H,6,9-10,12-13H2,(H,24,28). The summed E-state index contributed by atoms with van der Waals surface area (Å²) < 4.78 is 7.40. The van der Waals surface area contributed by atoms with Crippen LogP contribution in [0.2, 0.25) is 0 Å². The number of aryl methyl sites for hydroxylation is 1. The third-order valence-corrected chi connectivity index (χ3v) is 8.24. The highest BCUT2D eigenvalue weighted by Crippen LogP contribution is 2.32. The number of nitrogens with one attached hydrogen (secondary N) is 1. The van der Waals surface area contributed by atoms with E-state index >= 15 is 0 Å². The summed E-state index contributed by atoms with van der Waals surface area (Å²) in [5, 5.41) is 7.26. The van der Waals surface area contributed by atoms with Gasteiger partial charge in [0, 0.05) is 24.4 Å². The minimum absolute atomic E-state index is 0.0245. The highest BCUT2D eigenvalue weighted by Gasteiger charge is 2.34. The molecule has 6 nitrogen and oxygen atoms in total. The zero-order valence-corrected chi connectivity index (χ0v) is 19.6. The van der Waals surface area contributed by atoms with Crippen molar-refractivity contribution in [2.75, 3.05) is 17.6 Å². The number of aromatic nitrogens is 1. The number of nitrogens with zero attached hydrogens (tertiary/aromatic N) is 2. The Kier molecular flexibility index (Phi) is 6.29. The van der Waals surface area contributed by atoms with Crippen molar-refractivity contribution in [1.82, 2.24) is 9.88 Å². The maximum Gasteiger partial charge on any atom is 0.229 e. The van der Waals surface area contributed by atoms with Gasteiger partial charge in [0.1, 0.15) is 5.76 Å². The maximum atomic E-state index is 12.8. The van der Waals surface area contributed by atoms with Gasteiger partial charge in [0.2, 0.25) is 11.8 Å². The molecule has 2 amide bonds. The van der Waals surface area contributed by atoms with E-state index in [4.69, 9.17) is 9.40 Å². The Hall–Kier alpha value is -2.62. The average Bonchev–Trinajstić information content (AvgIpc) is 3.56. The molecule has 0 saturated carbocycles. The van der Waals surface area contributed by atoms with E-state index in [1.165, 1.54) is 5.56 Å². The van der Waals surface area contributed by atoms with Gasteiger partial charge in [-0.25, -0.2) is 4.98 Å². The van der Waals surface area contributed by atoms with Crippen LogP contribution in [0.4, 0.5) is 5.69 Å². The number of thiazole rings is 1. The van der Waals surface area contributed by atoms with Crippen LogP contribution in [0, 0.1) is 5.92 Å². The van der Waals surface area contributed by atoms with Gasteiger partial charge in [0.25, 0.3) is 0 Å². The fourth-order valence-electron chi connectivity index (χ4n) is 3.67. The second-order valence-corrected chi connectivity index (χ2v) is 10.8. The van der Waals surface area contributed by atoms with Crippen molar-refractivity contribution in [2.45, 2.75) is 23.7 Å². The summed E-state index contributed by atoms with van der Waals surface area (Å²) in [5.74, 6) is 1.19. The molecule has 5 rings (SSSR count). The molecule has 1 aromatic carbocycles. The van der Waals surface area contributed by atoms with Crippen LogP contribution in [-0.2, 0) is 22.6 Å². The fourth-order valence-corrected chi connectivity index (χ4v) is 6.54. The molecule has 9 heteroatoms. The molecule has 1 fully saturated rings. The molecule has 1 unspecified atom stereocenters. The van der Waals surface area contributed by atoms with Crippen LogP contribution >= 0.6 is 34.4 Å². The minimum atomic E-state index is -0.363. The summed E-state index contributed by atoms with van der Waals surface area (Å²) in [7, 11) is 0. The molecule has 4 heterocycles. The van der Waals surface area contributed by atoms with Crippen molar-refractivity contribution in [3.63, 3.8) is 0 Å². The van der Waals surface area contributed by atoms with Crippen LogP contribution in [0.15, 0.2) is 62.2 Å². The Morgan fingerprint density at radius 2 is 2.25 bits per heavy atom. The molecule has 0 aliphatic carbocycles. The number of fused-ring (bicyclic) bond motifs is 1. The zero-order valence-electron chi connectivity index (χ0n) is 17.2. The van der Waals surface area contributed by atoms with E-state index in [2.05, 4.69) is 22.1 Å². The molecule has 1 aliphatic rings. The Labute approximate surface area is 197 Å². The number of amides is 2. The van der Waals surface area contributed by atoms with Crippen LogP contribution in [-0.4, -0.2) is 34.0 Å². The van der Waals surface area contributed by atoms with Gasteiger partial charge in [0.05, 0.1) is 28.9 Å². The number of hydrogen-bond donors (Lipinski definition) is 1. The lowest BCUT2D eigenvalue weighted by Crippen LogP contribution is -2.27. The van der Waals surface area contributed by atoms with Crippen LogP contribution in [0.25, 0.3) is 10.2 Å². The molecule has 0 radical (unpaired) electrons. The first kappa shape index (κ1) is 21.2. The van der Waals surface area contributed by atoms with E-state index in [-0.39, 0.29) is 24.2 Å². The molecule has 164 valence electrons. The Bertz CT molecular complexity index is 1220.